The Morgan fingerprint density at radius 3 is 1.48 bits per heavy atom. The lowest BCUT2D eigenvalue weighted by atomic mass is 9.99. The first-order valence-electron chi connectivity index (χ1n) is 24.0. The smallest absolute Gasteiger partial charge is 0.337 e. The van der Waals surface area contributed by atoms with Crippen LogP contribution in [0.2, 0.25) is 0 Å². The second-order valence-electron chi connectivity index (χ2n) is 18.0. The van der Waals surface area contributed by atoms with Crippen LogP contribution >= 0.6 is 34.4 Å². The van der Waals surface area contributed by atoms with E-state index in [-0.39, 0.29) is 0 Å². The first-order chi connectivity index (χ1) is 32.2. The minimum atomic E-state index is -4.36. The number of alkyl halides is 3. The van der Waals surface area contributed by atoms with Crippen molar-refractivity contribution < 1.29 is 13.2 Å². The van der Waals surface area contributed by atoms with E-state index in [0.717, 1.165) is 54.5 Å². The Morgan fingerprint density at radius 1 is 0.485 bits per heavy atom. The van der Waals surface area contributed by atoms with Crippen molar-refractivity contribution in [1.29, 1.82) is 0 Å². The summed E-state index contributed by atoms with van der Waals surface area (Å²) < 4.78 is 52.0. The number of halogens is 3. The van der Waals surface area contributed by atoms with Crippen LogP contribution in [0.5, 0.6) is 0 Å². The highest BCUT2D eigenvalue weighted by Crippen LogP contribution is 2.45. The predicted octanol–water partition coefficient (Wildman–Crippen LogP) is 19.6. The quantitative estimate of drug-likeness (QED) is 0.0713. The summed E-state index contributed by atoms with van der Waals surface area (Å²) in [6.45, 7) is 6.75. The minimum Gasteiger partial charge on any atom is -0.337 e. The van der Waals surface area contributed by atoms with Crippen molar-refractivity contribution in [1.82, 2.24) is 13.3 Å². The molecule has 4 heterocycles. The highest BCUT2D eigenvalue weighted by molar-refractivity contribution is 7.19. The van der Waals surface area contributed by atoms with Gasteiger partial charge in [0.05, 0.1) is 22.8 Å². The van der Waals surface area contributed by atoms with Gasteiger partial charge in [0.25, 0.3) is 0 Å². The lowest BCUT2D eigenvalue weighted by Gasteiger charge is -2.22. The van der Waals surface area contributed by atoms with Gasteiger partial charge in [-0.25, -0.2) is 0 Å². The number of hydrogen-bond acceptors (Lipinski definition) is 5. The zero-order valence-corrected chi connectivity index (χ0v) is 40.7. The summed E-state index contributed by atoms with van der Waals surface area (Å²) in [5.41, 5.74) is 11.5. The third-order valence-electron chi connectivity index (χ3n) is 13.3. The van der Waals surface area contributed by atoms with Crippen LogP contribution < -0.4 is 0 Å². The second kappa shape index (κ2) is 20.8. The van der Waals surface area contributed by atoms with Crippen LogP contribution in [0.1, 0.15) is 121 Å². The van der Waals surface area contributed by atoms with E-state index in [1.54, 1.807) is 34.8 Å². The Kier molecular flexibility index (Phi) is 14.5. The largest absolute Gasteiger partial charge is 0.416 e. The van der Waals surface area contributed by atoms with Crippen molar-refractivity contribution in [3.8, 4) is 52.9 Å². The fourth-order valence-electron chi connectivity index (χ4n) is 9.61. The zero-order chi connectivity index (χ0) is 45.6. The van der Waals surface area contributed by atoms with Gasteiger partial charge < -0.3 is 4.57 Å². The molecule has 0 N–H and O–H groups in total. The van der Waals surface area contributed by atoms with E-state index in [9.17, 15) is 13.2 Å². The summed E-state index contributed by atoms with van der Waals surface area (Å²) in [7, 11) is 0. The zero-order valence-electron chi connectivity index (χ0n) is 38.2. The molecule has 0 saturated heterocycles. The van der Waals surface area contributed by atoms with Gasteiger partial charge in [0.2, 0.25) is 0 Å². The number of hydrogen-bond donors (Lipinski definition) is 0. The Morgan fingerprint density at radius 2 is 0.939 bits per heavy atom. The first-order valence-corrected chi connectivity index (χ1v) is 26.3. The molecule has 0 fully saturated rings. The molecule has 66 heavy (non-hydrogen) atoms. The molecule has 0 spiro atoms. The molecule has 4 aromatic heterocycles. The summed E-state index contributed by atoms with van der Waals surface area (Å²) in [6.07, 6.45) is 13.6. The van der Waals surface area contributed by atoms with Gasteiger partial charge in [0.1, 0.15) is 11.0 Å². The van der Waals surface area contributed by atoms with E-state index < -0.39 is 11.7 Å². The van der Waals surface area contributed by atoms with Gasteiger partial charge in [-0.3, -0.25) is 0 Å². The fraction of sp³-hybridized carbons (Fsp3) is 0.333. The van der Waals surface area contributed by atoms with Crippen molar-refractivity contribution in [3.05, 3.63) is 132 Å². The van der Waals surface area contributed by atoms with E-state index >= 15 is 0 Å². The maximum Gasteiger partial charge on any atom is 0.416 e. The van der Waals surface area contributed by atoms with Gasteiger partial charge in [-0.05, 0) is 90.6 Å². The van der Waals surface area contributed by atoms with Crippen molar-refractivity contribution >= 4 is 67.2 Å². The SMILES string of the molecule is CCCCCCCCC(CCCCCCCC)n1c2cc(-c3ccc(C)cc3)ccc2c2ccc(-c3ccc(-c4ccc(-c5ccc(-c6ccc(C(F)(F)F)cc6)s5)c5nsnc45)s3)cc21. The molecule has 3 nitrogen and oxygen atoms in total. The van der Waals surface area contributed by atoms with E-state index in [2.05, 4.69) is 110 Å². The summed E-state index contributed by atoms with van der Waals surface area (Å²) in [5.74, 6) is 0. The van der Waals surface area contributed by atoms with Crippen molar-refractivity contribution in [2.24, 2.45) is 0 Å². The Labute approximate surface area is 399 Å². The number of benzene rings is 5. The van der Waals surface area contributed by atoms with E-state index in [1.165, 1.54) is 151 Å². The Bertz CT molecular complexity index is 3010. The van der Waals surface area contributed by atoms with E-state index in [1.807, 2.05) is 12.1 Å². The molecule has 9 heteroatoms. The van der Waals surface area contributed by atoms with Crippen LogP contribution in [0, 0.1) is 6.92 Å². The van der Waals surface area contributed by atoms with Gasteiger partial charge in [-0.15, -0.1) is 22.7 Å². The molecule has 0 aliphatic carbocycles. The highest BCUT2D eigenvalue weighted by atomic mass is 32.1. The van der Waals surface area contributed by atoms with Crippen molar-refractivity contribution in [3.63, 3.8) is 0 Å². The van der Waals surface area contributed by atoms with Gasteiger partial charge in [-0.2, -0.15) is 21.9 Å². The molecule has 340 valence electrons. The standard InChI is InChI=1S/C57H58F3N3S3/c1-4-6-8-10-12-14-16-44(17-15-13-11-9-7-5-2)63-49-36-41(39-20-18-38(3)19-21-39)24-28-45(49)46-29-25-42(37-50(46)63)52-33-35-54(65-52)48-31-30-47(55-56(48)62-66-61-55)53-34-32-51(64-53)40-22-26-43(27-23-40)57(58,59)60/h18-37,44H,4-17H2,1-3H3. The molecule has 0 aliphatic heterocycles. The van der Waals surface area contributed by atoms with E-state index in [4.69, 9.17) is 8.75 Å². The van der Waals surface area contributed by atoms with Crippen LogP contribution in [0.25, 0.3) is 85.7 Å². The molecular weight excluding hydrogens is 880 g/mol. The third-order valence-corrected chi connectivity index (χ3v) is 16.1. The molecule has 5 aromatic carbocycles. The molecule has 0 unspecified atom stereocenters. The molecule has 9 aromatic rings. The Balaban J connectivity index is 1.06. The summed E-state index contributed by atoms with van der Waals surface area (Å²) >= 11 is 4.55. The minimum absolute atomic E-state index is 0.420. The van der Waals surface area contributed by atoms with Crippen molar-refractivity contribution in [2.75, 3.05) is 0 Å². The normalized spacial score (nSPS) is 12.2. The number of aromatic nitrogens is 3. The number of unbranched alkanes of at least 4 members (excludes halogenated alkanes) is 10. The van der Waals surface area contributed by atoms with E-state index in [0.29, 0.717) is 6.04 Å². The monoisotopic (exact) mass is 937 g/mol. The molecule has 0 amide bonds. The lowest BCUT2D eigenvalue weighted by molar-refractivity contribution is -0.137. The summed E-state index contributed by atoms with van der Waals surface area (Å²) in [5, 5.41) is 2.64. The average Bonchev–Trinajstić information content (AvgIpc) is 4.17. The van der Waals surface area contributed by atoms with Gasteiger partial charge in [0.15, 0.2) is 0 Å². The van der Waals surface area contributed by atoms with Crippen LogP contribution in [0.3, 0.4) is 0 Å². The highest BCUT2D eigenvalue weighted by Gasteiger charge is 2.30. The molecule has 0 radical (unpaired) electrons. The maximum absolute atomic E-state index is 13.2. The summed E-state index contributed by atoms with van der Waals surface area (Å²) in [4.78, 5) is 4.26. The van der Waals surface area contributed by atoms with Crippen LogP contribution in [-0.2, 0) is 6.18 Å². The molecule has 0 saturated carbocycles. The van der Waals surface area contributed by atoms with Crippen LogP contribution in [-0.4, -0.2) is 13.3 Å². The number of thiophene rings is 2. The van der Waals surface area contributed by atoms with Gasteiger partial charge in [0, 0.05) is 53.0 Å². The number of aryl methyl sites for hydroxylation is 1. The lowest BCUT2D eigenvalue weighted by Crippen LogP contribution is -2.09. The molecule has 0 bridgehead atoms. The first kappa shape index (κ1) is 46.0. The Hall–Kier alpha value is -5.09. The topological polar surface area (TPSA) is 30.7 Å². The van der Waals surface area contributed by atoms with Gasteiger partial charge in [-0.1, -0.05) is 169 Å². The van der Waals surface area contributed by atoms with Gasteiger partial charge >= 0.3 is 6.18 Å². The van der Waals surface area contributed by atoms with Crippen LogP contribution in [0.15, 0.2) is 121 Å². The fourth-order valence-corrected chi connectivity index (χ4v) is 12.2. The number of rotatable bonds is 20. The molecule has 9 rings (SSSR count). The molecule has 0 aliphatic rings. The average molecular weight is 938 g/mol. The third kappa shape index (κ3) is 10.1. The molecular formula is C57H58F3N3S3. The maximum atomic E-state index is 13.2. The van der Waals surface area contributed by atoms with Crippen molar-refractivity contribution in [2.45, 2.75) is 123 Å². The molecule has 0 atom stereocenters. The second-order valence-corrected chi connectivity index (χ2v) is 20.7. The number of fused-ring (bicyclic) bond motifs is 4. The van der Waals surface area contributed by atoms with Crippen LogP contribution in [0.4, 0.5) is 13.2 Å². The number of nitrogens with zero attached hydrogens (tertiary/aromatic N) is 3. The summed E-state index contributed by atoms with van der Waals surface area (Å²) in [6, 6.07) is 41.7. The predicted molar refractivity (Wildman–Crippen MR) is 278 cm³/mol.